The van der Waals surface area contributed by atoms with Gasteiger partial charge in [-0.15, -0.1) is 0 Å². The van der Waals surface area contributed by atoms with Gasteiger partial charge < -0.3 is 15.5 Å². The fraction of sp³-hybridized carbons (Fsp3) is 0.615. The Kier molecular flexibility index (Phi) is 4.54. The molecule has 1 aromatic rings. The highest BCUT2D eigenvalue weighted by molar-refractivity contribution is 5.72. The largest absolute Gasteiger partial charge is 0.373 e. The highest BCUT2D eigenvalue weighted by atomic mass is 16.1. The molecule has 104 valence electrons. The molecule has 1 fully saturated rings. The van der Waals surface area contributed by atoms with Crippen molar-refractivity contribution < 1.29 is 4.79 Å². The fourth-order valence-electron chi connectivity index (χ4n) is 2.31. The molecule has 0 spiro atoms. The van der Waals surface area contributed by atoms with Gasteiger partial charge in [-0.2, -0.15) is 0 Å². The molecule has 1 aliphatic heterocycles. The molecule has 0 atom stereocenters. The smallest absolute Gasteiger partial charge is 0.216 e. The average molecular weight is 263 g/mol. The van der Waals surface area contributed by atoms with Gasteiger partial charge in [0, 0.05) is 39.7 Å². The van der Waals surface area contributed by atoms with Crippen LogP contribution < -0.4 is 15.5 Å². The third-order valence-electron chi connectivity index (χ3n) is 3.49. The molecule has 0 unspecified atom stereocenters. The van der Waals surface area contributed by atoms with Crippen LogP contribution in [0.25, 0.3) is 0 Å². The molecule has 0 aliphatic carbocycles. The minimum atomic E-state index is 0.0527. The van der Waals surface area contributed by atoms with E-state index >= 15 is 0 Å². The van der Waals surface area contributed by atoms with E-state index in [-0.39, 0.29) is 5.91 Å². The van der Waals surface area contributed by atoms with E-state index in [0.29, 0.717) is 5.92 Å². The highest BCUT2D eigenvalue weighted by Crippen LogP contribution is 2.22. The molecule has 0 aromatic carbocycles. The van der Waals surface area contributed by atoms with E-state index in [0.717, 1.165) is 44.1 Å². The Labute approximate surface area is 113 Å². The zero-order chi connectivity index (χ0) is 13.7. The Morgan fingerprint density at radius 3 is 2.79 bits per heavy atom. The Bertz CT molecular complexity index is 429. The van der Waals surface area contributed by atoms with Gasteiger partial charge in [0.15, 0.2) is 0 Å². The van der Waals surface area contributed by atoms with Gasteiger partial charge in [-0.3, -0.25) is 4.79 Å². The standard InChI is InChI=1S/C13H21N5O/c1-10(19)15-8-11-3-5-18(6-4-11)13-7-12(14-2)16-9-17-13/h7,9,11H,3-6,8H2,1-2H3,(H,15,19)(H,14,16,17). The average Bonchev–Trinajstić information content (AvgIpc) is 2.45. The van der Waals surface area contributed by atoms with Gasteiger partial charge in [-0.05, 0) is 18.8 Å². The summed E-state index contributed by atoms with van der Waals surface area (Å²) >= 11 is 0. The first-order chi connectivity index (χ1) is 9.19. The van der Waals surface area contributed by atoms with Crippen molar-refractivity contribution >= 4 is 17.5 Å². The molecular formula is C13H21N5O. The lowest BCUT2D eigenvalue weighted by Gasteiger charge is -2.32. The summed E-state index contributed by atoms with van der Waals surface area (Å²) in [6, 6.07) is 1.97. The normalized spacial score (nSPS) is 16.2. The summed E-state index contributed by atoms with van der Waals surface area (Å²) in [6.07, 6.45) is 3.75. The molecule has 2 heterocycles. The number of rotatable bonds is 4. The number of nitrogens with one attached hydrogen (secondary N) is 2. The summed E-state index contributed by atoms with van der Waals surface area (Å²) in [5, 5.41) is 5.92. The third kappa shape index (κ3) is 3.81. The summed E-state index contributed by atoms with van der Waals surface area (Å²) < 4.78 is 0. The van der Waals surface area contributed by atoms with Crippen molar-refractivity contribution in [2.45, 2.75) is 19.8 Å². The van der Waals surface area contributed by atoms with Crippen molar-refractivity contribution in [2.24, 2.45) is 5.92 Å². The minimum Gasteiger partial charge on any atom is -0.373 e. The van der Waals surface area contributed by atoms with E-state index in [4.69, 9.17) is 0 Å². The number of piperidine rings is 1. The summed E-state index contributed by atoms with van der Waals surface area (Å²) in [6.45, 7) is 4.30. The van der Waals surface area contributed by atoms with Crippen molar-refractivity contribution in [1.29, 1.82) is 0 Å². The molecule has 1 aliphatic rings. The molecule has 19 heavy (non-hydrogen) atoms. The predicted molar refractivity (Wildman–Crippen MR) is 75.2 cm³/mol. The van der Waals surface area contributed by atoms with E-state index in [1.807, 2.05) is 13.1 Å². The maximum absolute atomic E-state index is 10.9. The lowest BCUT2D eigenvalue weighted by atomic mass is 9.97. The van der Waals surface area contributed by atoms with Crippen LogP contribution in [0.5, 0.6) is 0 Å². The first kappa shape index (κ1) is 13.6. The molecule has 2 rings (SSSR count). The van der Waals surface area contributed by atoms with Crippen LogP contribution in [0, 0.1) is 5.92 Å². The maximum atomic E-state index is 10.9. The molecule has 0 bridgehead atoms. The minimum absolute atomic E-state index is 0.0527. The van der Waals surface area contributed by atoms with Crippen molar-refractivity contribution in [3.63, 3.8) is 0 Å². The van der Waals surface area contributed by atoms with Crippen LogP contribution in [0.2, 0.25) is 0 Å². The number of nitrogens with zero attached hydrogens (tertiary/aromatic N) is 3. The lowest BCUT2D eigenvalue weighted by Crippen LogP contribution is -2.38. The first-order valence-corrected chi connectivity index (χ1v) is 6.68. The van der Waals surface area contributed by atoms with Crippen LogP contribution in [0.4, 0.5) is 11.6 Å². The number of hydrogen-bond acceptors (Lipinski definition) is 5. The molecule has 6 nitrogen and oxygen atoms in total. The van der Waals surface area contributed by atoms with Gasteiger partial charge in [-0.1, -0.05) is 0 Å². The molecule has 1 saturated heterocycles. The second kappa shape index (κ2) is 6.36. The lowest BCUT2D eigenvalue weighted by molar-refractivity contribution is -0.119. The van der Waals surface area contributed by atoms with E-state index < -0.39 is 0 Å². The van der Waals surface area contributed by atoms with Gasteiger partial charge in [0.1, 0.15) is 18.0 Å². The number of carbonyl (C=O) groups is 1. The summed E-state index contributed by atoms with van der Waals surface area (Å²) in [5.74, 6) is 2.44. The van der Waals surface area contributed by atoms with Crippen molar-refractivity contribution in [2.75, 3.05) is 36.9 Å². The molecule has 6 heteroatoms. The summed E-state index contributed by atoms with van der Waals surface area (Å²) in [4.78, 5) is 21.6. The second-order valence-corrected chi connectivity index (χ2v) is 4.88. The van der Waals surface area contributed by atoms with Crippen molar-refractivity contribution in [1.82, 2.24) is 15.3 Å². The SMILES string of the molecule is CNc1cc(N2CCC(CNC(C)=O)CC2)ncn1. The molecule has 1 amide bonds. The van der Waals surface area contributed by atoms with Crippen molar-refractivity contribution in [3.05, 3.63) is 12.4 Å². The molecule has 2 N–H and O–H groups in total. The van der Waals surface area contributed by atoms with Gasteiger partial charge in [-0.25, -0.2) is 9.97 Å². The van der Waals surface area contributed by atoms with E-state index in [9.17, 15) is 4.79 Å². The van der Waals surface area contributed by atoms with E-state index in [1.165, 1.54) is 0 Å². The number of hydrogen-bond donors (Lipinski definition) is 2. The number of amides is 1. The van der Waals surface area contributed by atoms with Crippen LogP contribution in [-0.2, 0) is 4.79 Å². The Hall–Kier alpha value is -1.85. The number of carbonyl (C=O) groups excluding carboxylic acids is 1. The van der Waals surface area contributed by atoms with Gasteiger partial charge >= 0.3 is 0 Å². The summed E-state index contributed by atoms with van der Waals surface area (Å²) in [5.41, 5.74) is 0. The number of aromatic nitrogens is 2. The highest BCUT2D eigenvalue weighted by Gasteiger charge is 2.20. The maximum Gasteiger partial charge on any atom is 0.216 e. The van der Waals surface area contributed by atoms with Gasteiger partial charge in [0.2, 0.25) is 5.91 Å². The van der Waals surface area contributed by atoms with Gasteiger partial charge in [0.05, 0.1) is 0 Å². The van der Waals surface area contributed by atoms with E-state index in [2.05, 4.69) is 25.5 Å². The Morgan fingerprint density at radius 2 is 2.16 bits per heavy atom. The first-order valence-electron chi connectivity index (χ1n) is 6.68. The zero-order valence-corrected chi connectivity index (χ0v) is 11.5. The zero-order valence-electron chi connectivity index (χ0n) is 11.5. The third-order valence-corrected chi connectivity index (χ3v) is 3.49. The van der Waals surface area contributed by atoms with Crippen LogP contribution in [0.15, 0.2) is 12.4 Å². The fourth-order valence-corrected chi connectivity index (χ4v) is 2.31. The molecule has 0 radical (unpaired) electrons. The summed E-state index contributed by atoms with van der Waals surface area (Å²) in [7, 11) is 1.85. The second-order valence-electron chi connectivity index (χ2n) is 4.88. The van der Waals surface area contributed by atoms with Crippen LogP contribution in [0.1, 0.15) is 19.8 Å². The topological polar surface area (TPSA) is 70.2 Å². The number of anilines is 2. The van der Waals surface area contributed by atoms with Gasteiger partial charge in [0.25, 0.3) is 0 Å². The molecule has 0 saturated carbocycles. The van der Waals surface area contributed by atoms with Crippen LogP contribution in [0.3, 0.4) is 0 Å². The molecular weight excluding hydrogens is 242 g/mol. The van der Waals surface area contributed by atoms with Crippen molar-refractivity contribution in [3.8, 4) is 0 Å². The monoisotopic (exact) mass is 263 g/mol. The van der Waals surface area contributed by atoms with Crippen LogP contribution >= 0.6 is 0 Å². The molecule has 1 aromatic heterocycles. The Balaban J connectivity index is 1.87. The Morgan fingerprint density at radius 1 is 1.42 bits per heavy atom. The predicted octanol–water partition coefficient (Wildman–Crippen LogP) is 0.871. The quantitative estimate of drug-likeness (QED) is 0.843. The van der Waals surface area contributed by atoms with Crippen LogP contribution in [-0.4, -0.2) is 42.6 Å². The van der Waals surface area contributed by atoms with E-state index in [1.54, 1.807) is 13.3 Å².